The molecular formula is C29H37ClN2O5. The predicted octanol–water partition coefficient (Wildman–Crippen LogP) is 4.81. The normalized spacial score (nSPS) is 18.0. The molecule has 1 fully saturated rings. The Morgan fingerprint density at radius 3 is 2.08 bits per heavy atom. The van der Waals surface area contributed by atoms with Crippen LogP contribution in [0.3, 0.4) is 0 Å². The van der Waals surface area contributed by atoms with Gasteiger partial charge in [-0.25, -0.2) is 4.79 Å². The smallest absolute Gasteiger partial charge is 0.331 e. The van der Waals surface area contributed by atoms with Crippen molar-refractivity contribution in [1.29, 1.82) is 0 Å². The lowest BCUT2D eigenvalue weighted by molar-refractivity contribution is -0.163. The van der Waals surface area contributed by atoms with Gasteiger partial charge in [0.1, 0.15) is 12.1 Å². The Bertz CT molecular complexity index is 1080. The summed E-state index contributed by atoms with van der Waals surface area (Å²) in [5.41, 5.74) is -0.905. The Morgan fingerprint density at radius 1 is 0.919 bits per heavy atom. The average Bonchev–Trinajstić information content (AvgIpc) is 2.82. The van der Waals surface area contributed by atoms with Crippen LogP contribution in [0, 0.1) is 0 Å². The van der Waals surface area contributed by atoms with E-state index in [9.17, 15) is 14.4 Å². The summed E-state index contributed by atoms with van der Waals surface area (Å²) in [6.45, 7) is 10.8. The second-order valence-electron chi connectivity index (χ2n) is 10.8. The molecule has 2 aromatic rings. The molecule has 0 radical (unpaired) electrons. The standard InChI is InChI=1S/C29H37ClN2O5/c1-6-36-26(35)29(31-25(34)22-10-8-7-9-11-22)19-27(2,3)32(28(4,5)20-29)16-17-37-24(33)18-21-12-14-23(30)15-13-21/h7-15H,6,16-20H2,1-5H3,(H,31,34). The molecule has 0 aromatic heterocycles. The van der Waals surface area contributed by atoms with E-state index in [-0.39, 0.29) is 31.5 Å². The molecule has 1 amide bonds. The van der Waals surface area contributed by atoms with Gasteiger partial charge in [0, 0.05) is 28.2 Å². The first-order valence-electron chi connectivity index (χ1n) is 12.6. The van der Waals surface area contributed by atoms with Crippen LogP contribution in [0.1, 0.15) is 63.4 Å². The highest BCUT2D eigenvalue weighted by molar-refractivity contribution is 6.30. The first-order valence-corrected chi connectivity index (χ1v) is 13.0. The minimum absolute atomic E-state index is 0.168. The number of esters is 2. The van der Waals surface area contributed by atoms with Gasteiger partial charge in [-0.1, -0.05) is 41.9 Å². The number of piperidine rings is 1. The Morgan fingerprint density at radius 2 is 1.51 bits per heavy atom. The summed E-state index contributed by atoms with van der Waals surface area (Å²) >= 11 is 5.91. The molecule has 0 spiro atoms. The van der Waals surface area contributed by atoms with E-state index in [1.54, 1.807) is 55.5 Å². The topological polar surface area (TPSA) is 84.9 Å². The number of nitrogens with one attached hydrogen (secondary N) is 1. The zero-order valence-electron chi connectivity index (χ0n) is 22.3. The van der Waals surface area contributed by atoms with Crippen molar-refractivity contribution in [3.05, 3.63) is 70.7 Å². The van der Waals surface area contributed by atoms with Gasteiger partial charge in [0.25, 0.3) is 5.91 Å². The monoisotopic (exact) mass is 528 g/mol. The number of hydrogen-bond acceptors (Lipinski definition) is 6. The van der Waals surface area contributed by atoms with Gasteiger partial charge in [0.2, 0.25) is 0 Å². The number of benzene rings is 2. The number of rotatable bonds is 9. The molecule has 8 heteroatoms. The van der Waals surface area contributed by atoms with Crippen LogP contribution >= 0.6 is 11.6 Å². The van der Waals surface area contributed by atoms with E-state index in [2.05, 4.69) is 10.2 Å². The molecule has 1 N–H and O–H groups in total. The van der Waals surface area contributed by atoms with Gasteiger partial charge < -0.3 is 14.8 Å². The van der Waals surface area contributed by atoms with E-state index in [0.29, 0.717) is 30.0 Å². The number of ether oxygens (including phenoxy) is 2. The van der Waals surface area contributed by atoms with E-state index >= 15 is 0 Å². The second-order valence-corrected chi connectivity index (χ2v) is 11.2. The summed E-state index contributed by atoms with van der Waals surface area (Å²) in [5, 5.41) is 3.65. The minimum atomic E-state index is -1.20. The van der Waals surface area contributed by atoms with Crippen LogP contribution in [0.4, 0.5) is 0 Å². The van der Waals surface area contributed by atoms with Crippen molar-refractivity contribution in [2.75, 3.05) is 19.8 Å². The van der Waals surface area contributed by atoms with Crippen LogP contribution in [0.25, 0.3) is 0 Å². The van der Waals surface area contributed by atoms with Crippen molar-refractivity contribution < 1.29 is 23.9 Å². The molecule has 0 bridgehead atoms. The number of nitrogens with zero attached hydrogens (tertiary/aromatic N) is 1. The summed E-state index contributed by atoms with van der Waals surface area (Å²) in [7, 11) is 0. The van der Waals surface area contributed by atoms with Gasteiger partial charge in [-0.05, 0) is 77.3 Å². The number of hydrogen-bond donors (Lipinski definition) is 1. The molecule has 200 valence electrons. The van der Waals surface area contributed by atoms with Crippen molar-refractivity contribution >= 4 is 29.4 Å². The molecule has 0 aliphatic carbocycles. The fraction of sp³-hybridized carbons (Fsp3) is 0.483. The van der Waals surface area contributed by atoms with Crippen molar-refractivity contribution in [2.24, 2.45) is 0 Å². The quantitative estimate of drug-likeness (QED) is 0.470. The molecule has 0 unspecified atom stereocenters. The summed E-state index contributed by atoms with van der Waals surface area (Å²) in [5.74, 6) is -1.06. The maximum absolute atomic E-state index is 13.3. The minimum Gasteiger partial charge on any atom is -0.464 e. The lowest BCUT2D eigenvalue weighted by atomic mass is 9.68. The van der Waals surface area contributed by atoms with E-state index in [4.69, 9.17) is 21.1 Å². The summed E-state index contributed by atoms with van der Waals surface area (Å²) in [6, 6.07) is 16.0. The van der Waals surface area contributed by atoms with Gasteiger partial charge in [-0.15, -0.1) is 0 Å². The Kier molecular flexibility index (Phi) is 9.03. The van der Waals surface area contributed by atoms with Crippen LogP contribution in [0.15, 0.2) is 54.6 Å². The second kappa shape index (κ2) is 11.7. The van der Waals surface area contributed by atoms with Crippen molar-refractivity contribution in [1.82, 2.24) is 10.2 Å². The third-order valence-corrected chi connectivity index (χ3v) is 7.08. The van der Waals surface area contributed by atoms with E-state index < -0.39 is 22.6 Å². The van der Waals surface area contributed by atoms with Gasteiger partial charge in [-0.2, -0.15) is 0 Å². The van der Waals surface area contributed by atoms with Crippen LogP contribution in [-0.2, 0) is 25.5 Å². The summed E-state index contributed by atoms with van der Waals surface area (Å²) in [6.07, 6.45) is 0.862. The first kappa shape index (κ1) is 28.7. The molecule has 0 saturated carbocycles. The number of halogens is 1. The van der Waals surface area contributed by atoms with Crippen molar-refractivity contribution in [3.8, 4) is 0 Å². The summed E-state index contributed by atoms with van der Waals surface area (Å²) in [4.78, 5) is 41.1. The molecule has 37 heavy (non-hydrogen) atoms. The highest BCUT2D eigenvalue weighted by Crippen LogP contribution is 2.44. The van der Waals surface area contributed by atoms with E-state index in [1.165, 1.54) is 0 Å². The highest BCUT2D eigenvalue weighted by Gasteiger charge is 2.57. The molecule has 1 saturated heterocycles. The molecule has 3 rings (SSSR count). The zero-order chi connectivity index (χ0) is 27.3. The van der Waals surface area contributed by atoms with E-state index in [0.717, 1.165) is 5.56 Å². The van der Waals surface area contributed by atoms with Gasteiger partial charge in [-0.3, -0.25) is 14.5 Å². The van der Waals surface area contributed by atoms with Gasteiger partial charge in [0.15, 0.2) is 0 Å². The maximum Gasteiger partial charge on any atom is 0.331 e. The molecule has 1 aliphatic heterocycles. The lowest BCUT2D eigenvalue weighted by Crippen LogP contribution is -2.72. The number of likely N-dealkylation sites (tertiary alicyclic amines) is 1. The predicted molar refractivity (Wildman–Crippen MR) is 143 cm³/mol. The molecule has 2 aromatic carbocycles. The molecular weight excluding hydrogens is 492 g/mol. The van der Waals surface area contributed by atoms with Crippen LogP contribution in [-0.4, -0.2) is 59.1 Å². The Balaban J connectivity index is 1.73. The van der Waals surface area contributed by atoms with Gasteiger partial charge >= 0.3 is 11.9 Å². The number of carbonyl (C=O) groups is 3. The third-order valence-electron chi connectivity index (χ3n) is 6.82. The number of amides is 1. The molecule has 1 heterocycles. The van der Waals surface area contributed by atoms with Crippen LogP contribution < -0.4 is 5.32 Å². The lowest BCUT2D eigenvalue weighted by Gasteiger charge is -2.58. The molecule has 7 nitrogen and oxygen atoms in total. The number of carbonyl (C=O) groups excluding carboxylic acids is 3. The SMILES string of the molecule is CCOC(=O)C1(NC(=O)c2ccccc2)CC(C)(C)N(CCOC(=O)Cc2ccc(Cl)cc2)C(C)(C)C1. The van der Waals surface area contributed by atoms with Crippen LogP contribution in [0.2, 0.25) is 5.02 Å². The average molecular weight is 529 g/mol. The third kappa shape index (κ3) is 7.11. The van der Waals surface area contributed by atoms with Gasteiger partial charge in [0.05, 0.1) is 13.0 Å². The largest absolute Gasteiger partial charge is 0.464 e. The fourth-order valence-corrected chi connectivity index (χ4v) is 5.78. The summed E-state index contributed by atoms with van der Waals surface area (Å²) < 4.78 is 11.0. The molecule has 1 aliphatic rings. The molecule has 0 atom stereocenters. The van der Waals surface area contributed by atoms with E-state index in [1.807, 2.05) is 33.8 Å². The van der Waals surface area contributed by atoms with Crippen molar-refractivity contribution in [3.63, 3.8) is 0 Å². The van der Waals surface area contributed by atoms with Crippen molar-refractivity contribution in [2.45, 2.75) is 70.5 Å². The Hall–Kier alpha value is -2.90. The highest BCUT2D eigenvalue weighted by atomic mass is 35.5. The van der Waals surface area contributed by atoms with Crippen LogP contribution in [0.5, 0.6) is 0 Å². The fourth-order valence-electron chi connectivity index (χ4n) is 5.66. The first-order chi connectivity index (χ1) is 17.4. The zero-order valence-corrected chi connectivity index (χ0v) is 23.1. The Labute approximate surface area is 224 Å². The maximum atomic E-state index is 13.3.